The first-order valence-electron chi connectivity index (χ1n) is 5.97. The normalized spacial score (nSPS) is 14.3. The zero-order valence-electron chi connectivity index (χ0n) is 10.2. The third-order valence-corrected chi connectivity index (χ3v) is 3.24. The molecule has 1 aliphatic heterocycles. The number of nitrogens with zero attached hydrogens (tertiary/aromatic N) is 1. The molecule has 2 heterocycles. The van der Waals surface area contributed by atoms with Gasteiger partial charge in [-0.05, 0) is 12.1 Å². The van der Waals surface area contributed by atoms with Crippen LogP contribution >= 0.6 is 0 Å². The van der Waals surface area contributed by atoms with E-state index in [0.717, 1.165) is 35.7 Å². The Kier molecular flexibility index (Phi) is 2.68. The van der Waals surface area contributed by atoms with Crippen LogP contribution < -0.4 is 15.6 Å². The van der Waals surface area contributed by atoms with Gasteiger partial charge in [0.15, 0.2) is 0 Å². The summed E-state index contributed by atoms with van der Waals surface area (Å²) in [6, 6.07) is 7.47. The van der Waals surface area contributed by atoms with E-state index in [0.29, 0.717) is 6.54 Å². The minimum absolute atomic E-state index is 0.0189. The number of rotatable bonds is 2. The van der Waals surface area contributed by atoms with Crippen molar-refractivity contribution < 1.29 is 4.74 Å². The third-order valence-electron chi connectivity index (χ3n) is 3.24. The minimum Gasteiger partial charge on any atom is -0.497 e. The number of methoxy groups -OCH3 is 1. The topological polar surface area (TPSA) is 59.0 Å². The molecule has 0 atom stereocenters. The van der Waals surface area contributed by atoms with Crippen LogP contribution in [0, 0.1) is 0 Å². The summed E-state index contributed by atoms with van der Waals surface area (Å²) in [5, 5.41) is 6.39. The molecule has 0 fully saturated rings. The SMILES string of the molecule is COc1cccc(-n2[nH]c3c(c2=O)CNCC3)c1. The Morgan fingerprint density at radius 1 is 1.39 bits per heavy atom. The summed E-state index contributed by atoms with van der Waals surface area (Å²) in [5.74, 6) is 0.741. The molecule has 0 saturated carbocycles. The number of H-pyrrole nitrogens is 1. The summed E-state index contributed by atoms with van der Waals surface area (Å²) in [7, 11) is 1.62. The molecule has 5 nitrogen and oxygen atoms in total. The molecule has 0 radical (unpaired) electrons. The minimum atomic E-state index is 0.0189. The van der Waals surface area contributed by atoms with Crippen molar-refractivity contribution in [3.63, 3.8) is 0 Å². The van der Waals surface area contributed by atoms with Crippen molar-refractivity contribution in [2.75, 3.05) is 13.7 Å². The van der Waals surface area contributed by atoms with Crippen LogP contribution in [0.15, 0.2) is 29.1 Å². The highest BCUT2D eigenvalue weighted by Crippen LogP contribution is 2.16. The van der Waals surface area contributed by atoms with E-state index in [-0.39, 0.29) is 5.56 Å². The fraction of sp³-hybridized carbons (Fsp3) is 0.308. The molecule has 0 amide bonds. The first-order valence-corrected chi connectivity index (χ1v) is 5.97. The highest BCUT2D eigenvalue weighted by molar-refractivity contribution is 5.39. The van der Waals surface area contributed by atoms with Gasteiger partial charge in [-0.15, -0.1) is 0 Å². The quantitative estimate of drug-likeness (QED) is 0.823. The lowest BCUT2D eigenvalue weighted by Gasteiger charge is -2.09. The molecular weight excluding hydrogens is 230 g/mol. The number of ether oxygens (including phenoxy) is 1. The van der Waals surface area contributed by atoms with Crippen LogP contribution in [0.25, 0.3) is 5.69 Å². The first kappa shape index (κ1) is 11.1. The van der Waals surface area contributed by atoms with Crippen LogP contribution in [0.3, 0.4) is 0 Å². The molecule has 0 bridgehead atoms. The van der Waals surface area contributed by atoms with E-state index in [9.17, 15) is 4.79 Å². The molecule has 2 aromatic rings. The zero-order chi connectivity index (χ0) is 12.5. The van der Waals surface area contributed by atoms with Crippen molar-refractivity contribution in [1.29, 1.82) is 0 Å². The molecule has 18 heavy (non-hydrogen) atoms. The van der Waals surface area contributed by atoms with Crippen LogP contribution in [-0.2, 0) is 13.0 Å². The maximum Gasteiger partial charge on any atom is 0.275 e. The molecule has 5 heteroatoms. The van der Waals surface area contributed by atoms with Gasteiger partial charge >= 0.3 is 0 Å². The first-order chi connectivity index (χ1) is 8.79. The molecule has 0 aliphatic carbocycles. The van der Waals surface area contributed by atoms with Crippen molar-refractivity contribution in [3.8, 4) is 11.4 Å². The van der Waals surface area contributed by atoms with Gasteiger partial charge in [-0.3, -0.25) is 9.89 Å². The second kappa shape index (κ2) is 4.34. The van der Waals surface area contributed by atoms with Crippen molar-refractivity contribution in [2.45, 2.75) is 13.0 Å². The Labute approximate surface area is 104 Å². The fourth-order valence-corrected chi connectivity index (χ4v) is 2.26. The van der Waals surface area contributed by atoms with Gasteiger partial charge in [0, 0.05) is 31.3 Å². The van der Waals surface area contributed by atoms with Gasteiger partial charge < -0.3 is 10.1 Å². The lowest BCUT2D eigenvalue weighted by atomic mass is 10.1. The van der Waals surface area contributed by atoms with Crippen molar-refractivity contribution in [2.24, 2.45) is 0 Å². The average Bonchev–Trinajstić information content (AvgIpc) is 2.77. The Balaban J connectivity index is 2.11. The van der Waals surface area contributed by atoms with Crippen LogP contribution in [0.4, 0.5) is 0 Å². The Hall–Kier alpha value is -2.01. The van der Waals surface area contributed by atoms with Crippen molar-refractivity contribution >= 4 is 0 Å². The van der Waals surface area contributed by atoms with Gasteiger partial charge in [0.05, 0.1) is 18.4 Å². The number of benzene rings is 1. The number of aromatic amines is 1. The van der Waals surface area contributed by atoms with E-state index in [4.69, 9.17) is 4.74 Å². The molecule has 1 aliphatic rings. The Morgan fingerprint density at radius 2 is 2.28 bits per heavy atom. The molecule has 3 rings (SSSR count). The summed E-state index contributed by atoms with van der Waals surface area (Å²) in [6.45, 7) is 1.55. The van der Waals surface area contributed by atoms with Gasteiger partial charge in [0.2, 0.25) is 0 Å². The molecule has 2 N–H and O–H groups in total. The molecule has 1 aromatic carbocycles. The maximum absolute atomic E-state index is 12.3. The zero-order valence-corrected chi connectivity index (χ0v) is 10.2. The van der Waals surface area contributed by atoms with Crippen LogP contribution in [0.5, 0.6) is 5.75 Å². The third kappa shape index (κ3) is 1.73. The van der Waals surface area contributed by atoms with Gasteiger partial charge in [0.1, 0.15) is 5.75 Å². The van der Waals surface area contributed by atoms with E-state index >= 15 is 0 Å². The molecule has 1 aromatic heterocycles. The summed E-state index contributed by atoms with van der Waals surface area (Å²) < 4.78 is 6.76. The molecular formula is C13H15N3O2. The van der Waals surface area contributed by atoms with E-state index in [1.54, 1.807) is 11.8 Å². The van der Waals surface area contributed by atoms with Crippen molar-refractivity contribution in [3.05, 3.63) is 45.9 Å². The summed E-state index contributed by atoms with van der Waals surface area (Å²) >= 11 is 0. The van der Waals surface area contributed by atoms with E-state index < -0.39 is 0 Å². The lowest BCUT2D eigenvalue weighted by molar-refractivity contribution is 0.414. The lowest BCUT2D eigenvalue weighted by Crippen LogP contribution is -2.27. The van der Waals surface area contributed by atoms with E-state index in [1.807, 2.05) is 24.3 Å². The van der Waals surface area contributed by atoms with Crippen LogP contribution in [-0.4, -0.2) is 23.4 Å². The van der Waals surface area contributed by atoms with Gasteiger partial charge in [-0.25, -0.2) is 4.68 Å². The Bertz CT molecular complexity index is 627. The number of fused-ring (bicyclic) bond motifs is 1. The Morgan fingerprint density at radius 3 is 3.06 bits per heavy atom. The highest BCUT2D eigenvalue weighted by atomic mass is 16.5. The number of hydrogen-bond acceptors (Lipinski definition) is 3. The largest absolute Gasteiger partial charge is 0.497 e. The maximum atomic E-state index is 12.3. The average molecular weight is 245 g/mol. The number of hydrogen-bond donors (Lipinski definition) is 2. The number of nitrogens with one attached hydrogen (secondary N) is 2. The van der Waals surface area contributed by atoms with Crippen LogP contribution in [0.1, 0.15) is 11.3 Å². The second-order valence-electron chi connectivity index (χ2n) is 4.34. The monoisotopic (exact) mass is 245 g/mol. The summed E-state index contributed by atoms with van der Waals surface area (Å²) in [5.41, 5.74) is 2.69. The molecule has 0 spiro atoms. The predicted octanol–water partition coefficient (Wildman–Crippen LogP) is 0.820. The van der Waals surface area contributed by atoms with E-state index in [2.05, 4.69) is 10.4 Å². The van der Waals surface area contributed by atoms with Gasteiger partial charge in [-0.2, -0.15) is 0 Å². The second-order valence-corrected chi connectivity index (χ2v) is 4.34. The predicted molar refractivity (Wildman–Crippen MR) is 68.4 cm³/mol. The van der Waals surface area contributed by atoms with Gasteiger partial charge in [0.25, 0.3) is 5.56 Å². The van der Waals surface area contributed by atoms with Crippen molar-refractivity contribution in [1.82, 2.24) is 15.1 Å². The molecule has 0 unspecified atom stereocenters. The number of aromatic nitrogens is 2. The highest BCUT2D eigenvalue weighted by Gasteiger charge is 2.17. The molecule has 94 valence electrons. The summed E-state index contributed by atoms with van der Waals surface area (Å²) in [6.07, 6.45) is 0.863. The van der Waals surface area contributed by atoms with Crippen LogP contribution in [0.2, 0.25) is 0 Å². The smallest absolute Gasteiger partial charge is 0.275 e. The molecule has 0 saturated heterocycles. The summed E-state index contributed by atoms with van der Waals surface area (Å²) in [4.78, 5) is 12.3. The standard InChI is InChI=1S/C13H15N3O2/c1-18-10-4-2-3-9(7-10)16-13(17)11-8-14-6-5-12(11)15-16/h2-4,7,14-15H,5-6,8H2,1H3. The fourth-order valence-electron chi connectivity index (χ4n) is 2.26. The van der Waals surface area contributed by atoms with Gasteiger partial charge in [-0.1, -0.05) is 6.07 Å². The van der Waals surface area contributed by atoms with E-state index in [1.165, 1.54) is 0 Å².